The summed E-state index contributed by atoms with van der Waals surface area (Å²) in [5.41, 5.74) is 9.88. The Bertz CT molecular complexity index is 2690. The number of nitrogens with zero attached hydrogens (tertiary/aromatic N) is 8. The molecule has 1 N–H and O–H groups in total. The van der Waals surface area contributed by atoms with Gasteiger partial charge in [-0.05, 0) is 46.9 Å². The third-order valence-electron chi connectivity index (χ3n) is 11.5. The number of Topliss-reactive ketones (excluding diaryl/α,β-unsaturated/α-hetero) is 1. The SMILES string of the molecule is [C-]#[N+]C(=C=[N-])C1=C(c2c3cccc(N(C)C)c3c(N(C)C)c3c(N(C)C)ccc(O)c23)C(=O)/C1=C1/c2cccc(N(C)C)c2C(=[N+](C)C)C2C(N(C)C)=CC=CC12. The second-order valence-corrected chi connectivity index (χ2v) is 16.1. The van der Waals surface area contributed by atoms with Crippen LogP contribution in [0.1, 0.15) is 16.7 Å². The molecule has 57 heavy (non-hydrogen) atoms. The van der Waals surface area contributed by atoms with Gasteiger partial charge < -0.3 is 35.0 Å². The van der Waals surface area contributed by atoms with Gasteiger partial charge in [0.2, 0.25) is 5.70 Å². The molecule has 3 aliphatic rings. The molecular weight excluding hydrogens is 709 g/mol. The van der Waals surface area contributed by atoms with Crippen molar-refractivity contribution in [2.45, 2.75) is 0 Å². The van der Waals surface area contributed by atoms with E-state index in [9.17, 15) is 10.5 Å². The van der Waals surface area contributed by atoms with Crippen molar-refractivity contribution in [2.75, 3.05) is 104 Å². The zero-order valence-corrected chi connectivity index (χ0v) is 34.9. The number of phenolic OH excluding ortho intramolecular Hbond substituents is 1. The molecule has 2 atom stereocenters. The molecule has 10 nitrogen and oxygen atoms in total. The molecule has 4 aromatic rings. The molecule has 0 radical (unpaired) electrons. The molecule has 290 valence electrons. The fraction of sp³-hybridized carbons (Fsp3) is 0.298. The molecule has 0 bridgehead atoms. The fourth-order valence-electron chi connectivity index (χ4n) is 9.28. The number of carbonyl (C=O) groups excluding carboxylic acids is 1. The summed E-state index contributed by atoms with van der Waals surface area (Å²) >= 11 is 0. The highest BCUT2D eigenvalue weighted by Crippen LogP contribution is 2.58. The van der Waals surface area contributed by atoms with E-state index in [0.29, 0.717) is 22.1 Å². The van der Waals surface area contributed by atoms with Crippen LogP contribution in [0.15, 0.2) is 89.3 Å². The minimum Gasteiger partial charge on any atom is -0.775 e. The first-order valence-corrected chi connectivity index (χ1v) is 18.9. The number of ketones is 1. The van der Waals surface area contributed by atoms with Crippen molar-refractivity contribution >= 4 is 72.8 Å². The number of hydrogen-bond acceptors (Lipinski definition) is 7. The summed E-state index contributed by atoms with van der Waals surface area (Å²) in [6, 6.07) is 15.7. The summed E-state index contributed by atoms with van der Waals surface area (Å²) in [5.74, 6) is 1.49. The molecule has 0 amide bonds. The van der Waals surface area contributed by atoms with E-state index in [4.69, 9.17) is 6.57 Å². The standard InChI is InChI=1S/C47H50N8O2/c1-49-29(25-48)40-43(35-26-17-14-20-30(50(2)3)36(26)45(54(10)11)37-27(35)18-15-21-31(37)51(4)5)47(57)44(40)39-28-19-16-22-32(52(6)7)38(28)46(55(12)13)41-33(53(8)9)23-24-34(56)42(39)41/h14-24,26,36,56H,2-13H3. The first-order chi connectivity index (χ1) is 27.1. The molecule has 0 saturated heterocycles. The third kappa shape index (κ3) is 5.64. The topological polar surface area (TPSA) is 83.2 Å². The molecule has 0 fully saturated rings. The van der Waals surface area contributed by atoms with Crippen LogP contribution in [0.3, 0.4) is 0 Å². The predicted octanol–water partition coefficient (Wildman–Crippen LogP) is 7.12. The number of fused-ring (bicyclic) bond motifs is 4. The Kier molecular flexibility index (Phi) is 9.63. The number of allylic oxidation sites excluding steroid dienone is 7. The van der Waals surface area contributed by atoms with Crippen molar-refractivity contribution in [1.29, 1.82) is 0 Å². The van der Waals surface area contributed by atoms with Crippen molar-refractivity contribution in [3.63, 3.8) is 0 Å². The van der Waals surface area contributed by atoms with Crippen LogP contribution in [-0.4, -0.2) is 117 Å². The van der Waals surface area contributed by atoms with Crippen LogP contribution in [0.2, 0.25) is 0 Å². The van der Waals surface area contributed by atoms with E-state index in [1.807, 2.05) is 117 Å². The third-order valence-corrected chi connectivity index (χ3v) is 11.5. The monoisotopic (exact) mass is 758 g/mol. The van der Waals surface area contributed by atoms with Gasteiger partial charge in [-0.25, -0.2) is 9.42 Å². The minimum absolute atomic E-state index is 0.00725. The van der Waals surface area contributed by atoms with Gasteiger partial charge >= 0.3 is 0 Å². The maximum atomic E-state index is 15.7. The number of hydrogen-bond donors (Lipinski definition) is 1. The first-order valence-electron chi connectivity index (χ1n) is 18.9. The first kappa shape index (κ1) is 38.7. The normalized spacial score (nSPS) is 18.3. The molecule has 0 aromatic heterocycles. The average molecular weight is 759 g/mol. The molecule has 0 heterocycles. The van der Waals surface area contributed by atoms with E-state index in [2.05, 4.69) is 68.4 Å². The molecule has 10 heteroatoms. The van der Waals surface area contributed by atoms with Gasteiger partial charge in [0.1, 0.15) is 19.8 Å². The molecule has 0 saturated carbocycles. The number of carbonyl (C=O) groups is 1. The molecule has 4 aromatic carbocycles. The van der Waals surface area contributed by atoms with Crippen molar-refractivity contribution in [2.24, 2.45) is 11.8 Å². The summed E-state index contributed by atoms with van der Waals surface area (Å²) in [4.78, 5) is 29.8. The second kappa shape index (κ2) is 14.2. The summed E-state index contributed by atoms with van der Waals surface area (Å²) in [6.07, 6.45) is 6.33. The number of phenols is 1. The smallest absolute Gasteiger partial charge is 0.214 e. The summed E-state index contributed by atoms with van der Waals surface area (Å²) in [7, 11) is 24.1. The Morgan fingerprint density at radius 2 is 1.40 bits per heavy atom. The molecule has 7 rings (SSSR count). The molecule has 3 aliphatic carbocycles. The quantitative estimate of drug-likeness (QED) is 0.0707. The minimum atomic E-state index is -0.283. The highest BCUT2D eigenvalue weighted by atomic mass is 16.3. The summed E-state index contributed by atoms with van der Waals surface area (Å²) < 4.78 is 2.18. The average Bonchev–Trinajstić information content (AvgIpc) is 3.16. The summed E-state index contributed by atoms with van der Waals surface area (Å²) in [5, 5.41) is 25.6. The largest absolute Gasteiger partial charge is 0.775 e. The Morgan fingerprint density at radius 3 is 1.98 bits per heavy atom. The van der Waals surface area contributed by atoms with Crippen LogP contribution >= 0.6 is 0 Å². The van der Waals surface area contributed by atoms with Gasteiger partial charge in [-0.1, -0.05) is 36.4 Å². The van der Waals surface area contributed by atoms with Gasteiger partial charge in [0.05, 0.1) is 29.4 Å². The lowest BCUT2D eigenvalue weighted by Gasteiger charge is -2.42. The molecule has 0 aliphatic heterocycles. The van der Waals surface area contributed by atoms with Gasteiger partial charge in [-0.2, -0.15) is 0 Å². The van der Waals surface area contributed by atoms with Crippen LogP contribution in [-0.2, 0) is 4.79 Å². The van der Waals surface area contributed by atoms with E-state index in [1.165, 1.54) is 0 Å². The highest BCUT2D eigenvalue weighted by molar-refractivity contribution is 6.47. The van der Waals surface area contributed by atoms with Crippen LogP contribution in [0.4, 0.5) is 22.7 Å². The second-order valence-electron chi connectivity index (χ2n) is 16.1. The number of anilines is 4. The van der Waals surface area contributed by atoms with Gasteiger partial charge in [-0.3, -0.25) is 10.7 Å². The Morgan fingerprint density at radius 1 is 0.772 bits per heavy atom. The molecular formula is C47H50N8O2. The van der Waals surface area contributed by atoms with Crippen molar-refractivity contribution in [3.05, 3.63) is 123 Å². The van der Waals surface area contributed by atoms with Crippen molar-refractivity contribution in [3.8, 4) is 5.75 Å². The van der Waals surface area contributed by atoms with E-state index >= 15 is 4.79 Å². The number of aromatic hydroxyl groups is 1. The summed E-state index contributed by atoms with van der Waals surface area (Å²) in [6.45, 7) is 8.36. The zero-order chi connectivity index (χ0) is 41.4. The van der Waals surface area contributed by atoms with Crippen LogP contribution in [0, 0.1) is 18.4 Å². The van der Waals surface area contributed by atoms with Crippen LogP contribution in [0.5, 0.6) is 5.75 Å². The van der Waals surface area contributed by atoms with Crippen molar-refractivity contribution < 1.29 is 14.5 Å². The van der Waals surface area contributed by atoms with E-state index in [1.54, 1.807) is 6.07 Å². The number of benzene rings is 4. The molecule has 0 spiro atoms. The predicted molar refractivity (Wildman–Crippen MR) is 238 cm³/mol. The maximum Gasteiger partial charge on any atom is 0.214 e. The van der Waals surface area contributed by atoms with E-state index in [-0.39, 0.29) is 34.6 Å². The van der Waals surface area contributed by atoms with Gasteiger partial charge in [0.25, 0.3) is 0 Å². The zero-order valence-electron chi connectivity index (χ0n) is 34.9. The lowest BCUT2D eigenvalue weighted by atomic mass is 9.62. The Balaban J connectivity index is 1.75. The lowest BCUT2D eigenvalue weighted by molar-refractivity contribution is -0.466. The van der Waals surface area contributed by atoms with Crippen molar-refractivity contribution in [1.82, 2.24) is 4.90 Å². The van der Waals surface area contributed by atoms with Crippen LogP contribution < -0.4 is 19.6 Å². The van der Waals surface area contributed by atoms with E-state index < -0.39 is 0 Å². The van der Waals surface area contributed by atoms with Gasteiger partial charge in [0, 0.05) is 132 Å². The maximum absolute atomic E-state index is 15.7. The Hall–Kier alpha value is -6.56. The highest BCUT2D eigenvalue weighted by Gasteiger charge is 2.50. The number of rotatable bonds is 7. The van der Waals surface area contributed by atoms with Crippen LogP contribution in [0.25, 0.3) is 42.9 Å². The van der Waals surface area contributed by atoms with E-state index in [0.717, 1.165) is 67.0 Å². The van der Waals surface area contributed by atoms with Gasteiger partial charge in [0.15, 0.2) is 11.5 Å². The van der Waals surface area contributed by atoms with Gasteiger partial charge in [-0.15, -0.1) is 0 Å². The fourth-order valence-corrected chi connectivity index (χ4v) is 9.28. The molecule has 2 unspecified atom stereocenters. The Labute approximate surface area is 335 Å². The lowest BCUT2D eigenvalue weighted by Crippen LogP contribution is -2.42.